The molecule has 1 aliphatic carbocycles. The minimum atomic E-state index is -0.311. The molecule has 3 N–H and O–H groups in total. The number of benzene rings is 1. The minimum absolute atomic E-state index is 0.115. The highest BCUT2D eigenvalue weighted by molar-refractivity contribution is 5.76. The molecule has 4 nitrogen and oxygen atoms in total. The quantitative estimate of drug-likeness (QED) is 0.866. The van der Waals surface area contributed by atoms with Gasteiger partial charge >= 0.3 is 0 Å². The SMILES string of the molecule is NC1(c2nc3ccccc3n2CCO)CCCC1. The van der Waals surface area contributed by atoms with Gasteiger partial charge in [0.2, 0.25) is 0 Å². The van der Waals surface area contributed by atoms with E-state index in [1.54, 1.807) is 0 Å². The zero-order valence-corrected chi connectivity index (χ0v) is 10.5. The van der Waals surface area contributed by atoms with E-state index in [0.717, 1.165) is 29.7 Å². The summed E-state index contributed by atoms with van der Waals surface area (Å²) in [5, 5.41) is 9.26. The van der Waals surface area contributed by atoms with Crippen LogP contribution in [0.5, 0.6) is 0 Å². The summed E-state index contributed by atoms with van der Waals surface area (Å²) in [6, 6.07) is 8.03. The van der Waals surface area contributed by atoms with Crippen LogP contribution >= 0.6 is 0 Å². The topological polar surface area (TPSA) is 64.1 Å². The Labute approximate surface area is 106 Å². The van der Waals surface area contributed by atoms with E-state index in [0.29, 0.717) is 6.54 Å². The number of aliphatic hydroxyl groups is 1. The number of nitrogens with two attached hydrogens (primary N) is 1. The Morgan fingerprint density at radius 2 is 2.00 bits per heavy atom. The molecule has 1 saturated carbocycles. The smallest absolute Gasteiger partial charge is 0.130 e. The van der Waals surface area contributed by atoms with E-state index >= 15 is 0 Å². The van der Waals surface area contributed by atoms with E-state index in [-0.39, 0.29) is 12.1 Å². The third-order valence-electron chi connectivity index (χ3n) is 3.92. The monoisotopic (exact) mass is 245 g/mol. The van der Waals surface area contributed by atoms with E-state index < -0.39 is 0 Å². The van der Waals surface area contributed by atoms with Crippen LogP contribution in [0.2, 0.25) is 0 Å². The van der Waals surface area contributed by atoms with Crippen molar-refractivity contribution in [2.45, 2.75) is 37.8 Å². The molecule has 0 radical (unpaired) electrons. The first-order valence-corrected chi connectivity index (χ1v) is 6.60. The zero-order chi connectivity index (χ0) is 12.6. The van der Waals surface area contributed by atoms with Crippen LogP contribution in [-0.4, -0.2) is 21.3 Å². The minimum Gasteiger partial charge on any atom is -0.395 e. The first-order chi connectivity index (χ1) is 8.74. The Balaban J connectivity index is 2.18. The molecule has 0 bridgehead atoms. The van der Waals surface area contributed by atoms with Gasteiger partial charge in [-0.1, -0.05) is 25.0 Å². The van der Waals surface area contributed by atoms with Crippen LogP contribution in [0.1, 0.15) is 31.5 Å². The van der Waals surface area contributed by atoms with Crippen LogP contribution in [0.4, 0.5) is 0 Å². The van der Waals surface area contributed by atoms with Crippen molar-refractivity contribution in [2.24, 2.45) is 5.73 Å². The predicted molar refractivity (Wildman–Crippen MR) is 71.2 cm³/mol. The summed E-state index contributed by atoms with van der Waals surface area (Å²) < 4.78 is 2.08. The summed E-state index contributed by atoms with van der Waals surface area (Å²) in [5.74, 6) is 0.940. The third kappa shape index (κ3) is 1.72. The summed E-state index contributed by atoms with van der Waals surface area (Å²) >= 11 is 0. The van der Waals surface area contributed by atoms with Gasteiger partial charge in [-0.2, -0.15) is 0 Å². The zero-order valence-electron chi connectivity index (χ0n) is 10.5. The molecule has 1 aromatic heterocycles. The third-order valence-corrected chi connectivity index (χ3v) is 3.92. The normalized spacial score (nSPS) is 18.6. The van der Waals surface area contributed by atoms with Gasteiger partial charge in [-0.15, -0.1) is 0 Å². The van der Waals surface area contributed by atoms with Crippen LogP contribution in [-0.2, 0) is 12.1 Å². The van der Waals surface area contributed by atoms with Crippen molar-refractivity contribution in [3.05, 3.63) is 30.1 Å². The Morgan fingerprint density at radius 3 is 2.72 bits per heavy atom. The molecule has 2 aromatic rings. The lowest BCUT2D eigenvalue weighted by atomic mass is 9.98. The summed E-state index contributed by atoms with van der Waals surface area (Å²) in [7, 11) is 0. The highest BCUT2D eigenvalue weighted by atomic mass is 16.3. The second-order valence-corrected chi connectivity index (χ2v) is 5.16. The van der Waals surface area contributed by atoms with Gasteiger partial charge in [0.1, 0.15) is 5.82 Å². The molecule has 96 valence electrons. The van der Waals surface area contributed by atoms with E-state index in [9.17, 15) is 5.11 Å². The Kier molecular flexibility index (Phi) is 2.84. The molecule has 1 aromatic carbocycles. The van der Waals surface area contributed by atoms with Crippen molar-refractivity contribution in [3.63, 3.8) is 0 Å². The fraction of sp³-hybridized carbons (Fsp3) is 0.500. The molecule has 1 aliphatic rings. The number of imidazole rings is 1. The number of aliphatic hydroxyl groups excluding tert-OH is 1. The van der Waals surface area contributed by atoms with Crippen LogP contribution in [0.25, 0.3) is 11.0 Å². The van der Waals surface area contributed by atoms with Crippen molar-refractivity contribution in [1.82, 2.24) is 9.55 Å². The molecule has 1 heterocycles. The van der Waals surface area contributed by atoms with Crippen molar-refractivity contribution in [1.29, 1.82) is 0 Å². The first kappa shape index (κ1) is 11.7. The van der Waals surface area contributed by atoms with Crippen molar-refractivity contribution < 1.29 is 5.11 Å². The fourth-order valence-electron chi connectivity index (χ4n) is 3.01. The molecule has 0 saturated heterocycles. The molecule has 0 unspecified atom stereocenters. The molecular formula is C14H19N3O. The molecule has 0 spiro atoms. The van der Waals surface area contributed by atoms with Gasteiger partial charge in [0.15, 0.2) is 0 Å². The standard InChI is InChI=1S/C14H19N3O/c15-14(7-3-4-8-14)13-16-11-5-1-2-6-12(11)17(13)9-10-18/h1-2,5-6,18H,3-4,7-10,15H2. The summed E-state index contributed by atoms with van der Waals surface area (Å²) in [6.45, 7) is 0.679. The molecule has 3 rings (SSSR count). The van der Waals surface area contributed by atoms with Crippen molar-refractivity contribution in [3.8, 4) is 0 Å². The molecule has 0 amide bonds. The van der Waals surface area contributed by atoms with Crippen LogP contribution in [0.15, 0.2) is 24.3 Å². The molecule has 18 heavy (non-hydrogen) atoms. The number of rotatable bonds is 3. The summed E-state index contributed by atoms with van der Waals surface area (Å²) in [5.41, 5.74) is 8.24. The summed E-state index contributed by atoms with van der Waals surface area (Å²) in [4.78, 5) is 4.71. The van der Waals surface area contributed by atoms with E-state index in [1.807, 2.05) is 24.3 Å². The van der Waals surface area contributed by atoms with E-state index in [2.05, 4.69) is 4.57 Å². The fourth-order valence-corrected chi connectivity index (χ4v) is 3.01. The van der Waals surface area contributed by atoms with Crippen LogP contribution in [0, 0.1) is 0 Å². The average molecular weight is 245 g/mol. The van der Waals surface area contributed by atoms with Crippen molar-refractivity contribution in [2.75, 3.05) is 6.61 Å². The molecule has 1 fully saturated rings. The molecular weight excluding hydrogens is 226 g/mol. The highest BCUT2D eigenvalue weighted by Gasteiger charge is 2.36. The number of para-hydroxylation sites is 2. The largest absolute Gasteiger partial charge is 0.395 e. The lowest BCUT2D eigenvalue weighted by Gasteiger charge is -2.24. The van der Waals surface area contributed by atoms with Gasteiger partial charge in [-0.3, -0.25) is 0 Å². The maximum Gasteiger partial charge on any atom is 0.130 e. The highest BCUT2D eigenvalue weighted by Crippen LogP contribution is 2.37. The van der Waals surface area contributed by atoms with E-state index in [4.69, 9.17) is 10.7 Å². The maximum atomic E-state index is 9.26. The van der Waals surface area contributed by atoms with Crippen LogP contribution < -0.4 is 5.73 Å². The number of hydrogen-bond donors (Lipinski definition) is 2. The Morgan fingerprint density at radius 1 is 1.28 bits per heavy atom. The molecule has 0 aliphatic heterocycles. The number of aromatic nitrogens is 2. The Hall–Kier alpha value is -1.39. The van der Waals surface area contributed by atoms with Gasteiger partial charge in [-0.05, 0) is 25.0 Å². The number of nitrogens with zero attached hydrogens (tertiary/aromatic N) is 2. The first-order valence-electron chi connectivity index (χ1n) is 6.60. The van der Waals surface area contributed by atoms with Gasteiger partial charge in [-0.25, -0.2) is 4.98 Å². The van der Waals surface area contributed by atoms with Gasteiger partial charge in [0, 0.05) is 6.54 Å². The summed E-state index contributed by atoms with van der Waals surface area (Å²) in [6.07, 6.45) is 4.31. The van der Waals surface area contributed by atoms with Crippen LogP contribution in [0.3, 0.4) is 0 Å². The average Bonchev–Trinajstić information content (AvgIpc) is 2.96. The van der Waals surface area contributed by atoms with Gasteiger partial charge in [0.25, 0.3) is 0 Å². The van der Waals surface area contributed by atoms with Crippen molar-refractivity contribution >= 4 is 11.0 Å². The lowest BCUT2D eigenvalue weighted by Crippen LogP contribution is -2.36. The number of hydrogen-bond acceptors (Lipinski definition) is 3. The predicted octanol–water partition coefficient (Wildman–Crippen LogP) is 1.76. The second kappa shape index (κ2) is 4.37. The Bertz CT molecular complexity index is 555. The second-order valence-electron chi connectivity index (χ2n) is 5.16. The van der Waals surface area contributed by atoms with Gasteiger partial charge < -0.3 is 15.4 Å². The maximum absolute atomic E-state index is 9.26. The van der Waals surface area contributed by atoms with Gasteiger partial charge in [0.05, 0.1) is 23.2 Å². The van der Waals surface area contributed by atoms with E-state index in [1.165, 1.54) is 12.8 Å². The lowest BCUT2D eigenvalue weighted by molar-refractivity contribution is 0.270. The molecule has 4 heteroatoms. The number of fused-ring (bicyclic) bond motifs is 1. The molecule has 0 atom stereocenters.